The molecule has 23 heavy (non-hydrogen) atoms. The summed E-state index contributed by atoms with van der Waals surface area (Å²) in [6, 6.07) is 12.8. The summed E-state index contributed by atoms with van der Waals surface area (Å²) in [5.41, 5.74) is 1.32. The summed E-state index contributed by atoms with van der Waals surface area (Å²) in [7, 11) is -3.77. The maximum absolute atomic E-state index is 11.8. The van der Waals surface area contributed by atoms with Gasteiger partial charge in [-0.05, 0) is 48.9 Å². The van der Waals surface area contributed by atoms with Crippen molar-refractivity contribution in [1.29, 1.82) is 0 Å². The summed E-state index contributed by atoms with van der Waals surface area (Å²) in [6.45, 7) is 2.27. The molecule has 2 aromatic rings. The Kier molecular flexibility index (Phi) is 5.36. The minimum absolute atomic E-state index is 0.0585. The van der Waals surface area contributed by atoms with Crippen LogP contribution in [0.2, 0.25) is 0 Å². The summed E-state index contributed by atoms with van der Waals surface area (Å²) >= 11 is 0. The fourth-order valence-electron chi connectivity index (χ4n) is 1.86. The smallest absolute Gasteiger partial charge is 0.338 e. The first-order valence-corrected chi connectivity index (χ1v) is 8.40. The number of sulfonamides is 1. The van der Waals surface area contributed by atoms with Gasteiger partial charge in [-0.3, -0.25) is 0 Å². The zero-order valence-electron chi connectivity index (χ0n) is 12.6. The van der Waals surface area contributed by atoms with Gasteiger partial charge in [0.05, 0.1) is 10.5 Å². The second-order valence-electron chi connectivity index (χ2n) is 4.87. The lowest BCUT2D eigenvalue weighted by atomic mass is 10.2. The first kappa shape index (κ1) is 17.0. The van der Waals surface area contributed by atoms with Crippen LogP contribution in [-0.4, -0.2) is 27.6 Å². The molecule has 0 fully saturated rings. The number of hydrogen-bond acceptors (Lipinski definition) is 5. The Morgan fingerprint density at radius 3 is 2.39 bits per heavy atom. The van der Waals surface area contributed by atoms with Gasteiger partial charge >= 0.3 is 5.97 Å². The lowest BCUT2D eigenvalue weighted by Crippen LogP contribution is -2.14. The number of rotatable bonds is 6. The van der Waals surface area contributed by atoms with E-state index in [2.05, 4.69) is 0 Å². The Labute approximate surface area is 134 Å². The van der Waals surface area contributed by atoms with E-state index in [1.165, 1.54) is 24.3 Å². The van der Waals surface area contributed by atoms with Gasteiger partial charge < -0.3 is 9.47 Å². The van der Waals surface area contributed by atoms with Crippen molar-refractivity contribution < 1.29 is 22.7 Å². The van der Waals surface area contributed by atoms with Gasteiger partial charge in [0, 0.05) is 0 Å². The van der Waals surface area contributed by atoms with Crippen LogP contribution in [0.1, 0.15) is 15.9 Å². The highest BCUT2D eigenvalue weighted by Crippen LogP contribution is 2.12. The third-order valence-electron chi connectivity index (χ3n) is 2.99. The summed E-state index contributed by atoms with van der Waals surface area (Å²) < 4.78 is 32.8. The van der Waals surface area contributed by atoms with Gasteiger partial charge in [0.25, 0.3) is 0 Å². The highest BCUT2D eigenvalue weighted by atomic mass is 32.2. The molecule has 7 heteroatoms. The molecule has 0 saturated carbocycles. The topological polar surface area (TPSA) is 95.7 Å². The van der Waals surface area contributed by atoms with Crippen molar-refractivity contribution in [2.24, 2.45) is 5.14 Å². The standard InChI is InChI=1S/C16H17NO5S/c1-12-3-2-4-14(11-12)21-9-10-22-16(18)13-5-7-15(8-6-13)23(17,19)20/h2-8,11H,9-10H2,1H3,(H2,17,19,20). The summed E-state index contributed by atoms with van der Waals surface area (Å²) in [6.07, 6.45) is 0. The van der Waals surface area contributed by atoms with Crippen LogP contribution in [-0.2, 0) is 14.8 Å². The van der Waals surface area contributed by atoms with Crippen LogP contribution >= 0.6 is 0 Å². The number of ether oxygens (including phenoxy) is 2. The van der Waals surface area contributed by atoms with E-state index >= 15 is 0 Å². The molecule has 0 atom stereocenters. The van der Waals surface area contributed by atoms with E-state index in [1.807, 2.05) is 31.2 Å². The van der Waals surface area contributed by atoms with Gasteiger partial charge in [0.1, 0.15) is 19.0 Å². The Hall–Kier alpha value is -2.38. The van der Waals surface area contributed by atoms with Crippen molar-refractivity contribution in [3.63, 3.8) is 0 Å². The Bertz CT molecular complexity index is 784. The maximum Gasteiger partial charge on any atom is 0.338 e. The minimum atomic E-state index is -3.77. The number of nitrogens with two attached hydrogens (primary N) is 1. The second-order valence-corrected chi connectivity index (χ2v) is 6.43. The molecule has 0 amide bonds. The largest absolute Gasteiger partial charge is 0.490 e. The number of carbonyl (C=O) groups is 1. The monoisotopic (exact) mass is 335 g/mol. The zero-order valence-corrected chi connectivity index (χ0v) is 13.4. The van der Waals surface area contributed by atoms with E-state index in [9.17, 15) is 13.2 Å². The van der Waals surface area contributed by atoms with Crippen LogP contribution in [0, 0.1) is 6.92 Å². The molecule has 6 nitrogen and oxygen atoms in total. The third kappa shape index (κ3) is 5.08. The van der Waals surface area contributed by atoms with Crippen LogP contribution in [0.5, 0.6) is 5.75 Å². The lowest BCUT2D eigenvalue weighted by Gasteiger charge is -2.08. The van der Waals surface area contributed by atoms with E-state index in [1.54, 1.807) is 0 Å². The van der Waals surface area contributed by atoms with E-state index in [-0.39, 0.29) is 23.7 Å². The number of primary sulfonamides is 1. The quantitative estimate of drug-likeness (QED) is 0.642. The average Bonchev–Trinajstić information content (AvgIpc) is 2.51. The molecule has 122 valence electrons. The molecular weight excluding hydrogens is 318 g/mol. The van der Waals surface area contributed by atoms with E-state index in [0.29, 0.717) is 5.75 Å². The van der Waals surface area contributed by atoms with Crippen LogP contribution in [0.25, 0.3) is 0 Å². The molecule has 0 aromatic heterocycles. The lowest BCUT2D eigenvalue weighted by molar-refractivity contribution is 0.0450. The van der Waals surface area contributed by atoms with Gasteiger partial charge in [0.15, 0.2) is 0 Å². The number of benzene rings is 2. The molecule has 0 aliphatic carbocycles. The molecule has 0 heterocycles. The molecule has 2 rings (SSSR count). The molecule has 0 radical (unpaired) electrons. The predicted octanol–water partition coefficient (Wildman–Crippen LogP) is 1.88. The van der Waals surface area contributed by atoms with Crippen molar-refractivity contribution >= 4 is 16.0 Å². The van der Waals surface area contributed by atoms with Gasteiger partial charge in [-0.25, -0.2) is 18.4 Å². The van der Waals surface area contributed by atoms with Gasteiger partial charge in [-0.1, -0.05) is 12.1 Å². The Balaban J connectivity index is 1.83. The number of hydrogen-bond donors (Lipinski definition) is 1. The van der Waals surface area contributed by atoms with Crippen molar-refractivity contribution in [3.05, 3.63) is 59.7 Å². The number of carbonyl (C=O) groups excluding carboxylic acids is 1. The Morgan fingerprint density at radius 2 is 1.78 bits per heavy atom. The maximum atomic E-state index is 11.8. The highest BCUT2D eigenvalue weighted by Gasteiger charge is 2.11. The molecular formula is C16H17NO5S. The van der Waals surface area contributed by atoms with Gasteiger partial charge in [-0.15, -0.1) is 0 Å². The minimum Gasteiger partial charge on any atom is -0.490 e. The Morgan fingerprint density at radius 1 is 1.09 bits per heavy atom. The van der Waals surface area contributed by atoms with Gasteiger partial charge in [0.2, 0.25) is 10.0 Å². The summed E-state index contributed by atoms with van der Waals surface area (Å²) in [5.74, 6) is 0.150. The van der Waals surface area contributed by atoms with E-state index < -0.39 is 16.0 Å². The predicted molar refractivity (Wildman–Crippen MR) is 84.8 cm³/mol. The molecule has 0 aliphatic rings. The van der Waals surface area contributed by atoms with Crippen LogP contribution in [0.3, 0.4) is 0 Å². The van der Waals surface area contributed by atoms with Gasteiger partial charge in [-0.2, -0.15) is 0 Å². The van der Waals surface area contributed by atoms with E-state index in [4.69, 9.17) is 14.6 Å². The van der Waals surface area contributed by atoms with Crippen LogP contribution in [0.15, 0.2) is 53.4 Å². The van der Waals surface area contributed by atoms with Crippen molar-refractivity contribution in [1.82, 2.24) is 0 Å². The molecule has 0 bridgehead atoms. The molecule has 2 aromatic carbocycles. The average molecular weight is 335 g/mol. The molecule has 0 spiro atoms. The molecule has 0 aliphatic heterocycles. The zero-order chi connectivity index (χ0) is 16.9. The SMILES string of the molecule is Cc1cccc(OCCOC(=O)c2ccc(S(N)(=O)=O)cc2)c1. The summed E-state index contributed by atoms with van der Waals surface area (Å²) in [4.78, 5) is 11.8. The van der Waals surface area contributed by atoms with Crippen molar-refractivity contribution in [2.45, 2.75) is 11.8 Å². The van der Waals surface area contributed by atoms with Crippen LogP contribution < -0.4 is 9.88 Å². The fourth-order valence-corrected chi connectivity index (χ4v) is 2.38. The number of esters is 1. The van der Waals surface area contributed by atoms with Crippen LogP contribution in [0.4, 0.5) is 0 Å². The molecule has 0 saturated heterocycles. The van der Waals surface area contributed by atoms with E-state index in [0.717, 1.165) is 5.56 Å². The van der Waals surface area contributed by atoms with Crippen molar-refractivity contribution in [2.75, 3.05) is 13.2 Å². The first-order valence-electron chi connectivity index (χ1n) is 6.86. The first-order chi connectivity index (χ1) is 10.9. The third-order valence-corrected chi connectivity index (χ3v) is 3.92. The summed E-state index contributed by atoms with van der Waals surface area (Å²) in [5, 5.41) is 4.99. The fraction of sp³-hybridized carbons (Fsp3) is 0.188. The normalized spacial score (nSPS) is 11.0. The molecule has 2 N–H and O–H groups in total. The molecule has 0 unspecified atom stereocenters. The second kappa shape index (κ2) is 7.26. The number of aryl methyl sites for hydroxylation is 1. The highest BCUT2D eigenvalue weighted by molar-refractivity contribution is 7.89. The van der Waals surface area contributed by atoms with Crippen molar-refractivity contribution in [3.8, 4) is 5.75 Å².